The van der Waals surface area contributed by atoms with Crippen molar-refractivity contribution in [2.75, 3.05) is 18.1 Å². The number of aryl methyl sites for hydroxylation is 1. The van der Waals surface area contributed by atoms with Gasteiger partial charge in [-0.2, -0.15) is 11.8 Å². The van der Waals surface area contributed by atoms with Crippen LogP contribution in [0.15, 0.2) is 6.07 Å². The van der Waals surface area contributed by atoms with E-state index < -0.39 is 0 Å². The highest BCUT2D eigenvalue weighted by Gasteiger charge is 2.15. The Bertz CT molecular complexity index is 426. The Labute approximate surface area is 120 Å². The first-order chi connectivity index (χ1) is 9.01. The monoisotopic (exact) mass is 283 g/mol. The quantitative estimate of drug-likeness (QED) is 0.746. The van der Waals surface area contributed by atoms with Crippen molar-refractivity contribution >= 4 is 17.5 Å². The largest absolute Gasteiger partial charge is 0.396 e. The minimum Gasteiger partial charge on any atom is -0.396 e. The summed E-state index contributed by atoms with van der Waals surface area (Å²) in [4.78, 5) is 12.2. The molecule has 0 aliphatic carbocycles. The number of carbonyl (C=O) groups is 1. The van der Waals surface area contributed by atoms with Gasteiger partial charge in [-0.3, -0.25) is 4.79 Å². The third-order valence-electron chi connectivity index (χ3n) is 3.27. The number of ketones is 1. The number of hydrogen-bond acceptors (Lipinski definition) is 3. The first-order valence-electron chi connectivity index (χ1n) is 6.89. The lowest BCUT2D eigenvalue weighted by Crippen LogP contribution is -2.09. The number of hydrogen-bond donors (Lipinski definition) is 1. The number of Topliss-reactive ketones (excluding diaryl/α,β-unsaturated/α-hetero) is 1. The summed E-state index contributed by atoms with van der Waals surface area (Å²) in [5, 5.41) is 8.96. The van der Waals surface area contributed by atoms with E-state index in [4.69, 9.17) is 5.11 Å². The molecule has 1 unspecified atom stereocenters. The normalized spacial score (nSPS) is 12.7. The molecule has 0 saturated heterocycles. The van der Waals surface area contributed by atoms with Gasteiger partial charge in [0.05, 0.1) is 5.75 Å². The lowest BCUT2D eigenvalue weighted by Gasteiger charge is -2.08. The van der Waals surface area contributed by atoms with Crippen LogP contribution in [0.4, 0.5) is 0 Å². The van der Waals surface area contributed by atoms with Crippen LogP contribution in [0.25, 0.3) is 0 Å². The molecule has 1 aromatic rings. The molecule has 0 fully saturated rings. The van der Waals surface area contributed by atoms with Gasteiger partial charge in [0.2, 0.25) is 0 Å². The predicted octanol–water partition coefficient (Wildman–Crippen LogP) is 3.06. The average molecular weight is 283 g/mol. The third kappa shape index (κ3) is 4.39. The zero-order valence-corrected chi connectivity index (χ0v) is 13.2. The summed E-state index contributed by atoms with van der Waals surface area (Å²) < 4.78 is 2.22. The van der Waals surface area contributed by atoms with Crippen molar-refractivity contribution in [2.45, 2.75) is 40.7 Å². The molecule has 0 spiro atoms. The number of thioether (sulfide) groups is 1. The maximum Gasteiger partial charge on any atom is 0.174 e. The molecule has 0 amide bonds. The van der Waals surface area contributed by atoms with Crippen LogP contribution in [-0.2, 0) is 6.54 Å². The van der Waals surface area contributed by atoms with E-state index in [-0.39, 0.29) is 18.3 Å². The van der Waals surface area contributed by atoms with E-state index in [9.17, 15) is 4.79 Å². The summed E-state index contributed by atoms with van der Waals surface area (Å²) in [5.74, 6) is 1.78. The molecule has 4 heteroatoms. The van der Waals surface area contributed by atoms with Crippen LogP contribution in [0.2, 0.25) is 0 Å². The molecule has 0 radical (unpaired) electrons. The summed E-state index contributed by atoms with van der Waals surface area (Å²) in [7, 11) is 0. The fourth-order valence-electron chi connectivity index (χ4n) is 2.13. The lowest BCUT2D eigenvalue weighted by molar-refractivity contribution is 0.102. The topological polar surface area (TPSA) is 42.2 Å². The van der Waals surface area contributed by atoms with Crippen molar-refractivity contribution in [1.82, 2.24) is 4.57 Å². The van der Waals surface area contributed by atoms with Crippen molar-refractivity contribution in [3.8, 4) is 0 Å². The standard InChI is InChI=1S/C15H25NO2S/c1-5-6-16-12(3)7-14(13(16)4)15(18)10-19-9-11(2)8-17/h7,11,17H,5-6,8-10H2,1-4H3. The summed E-state index contributed by atoms with van der Waals surface area (Å²) in [5.41, 5.74) is 3.10. The van der Waals surface area contributed by atoms with Gasteiger partial charge in [0, 0.05) is 30.1 Å². The first kappa shape index (κ1) is 16.3. The Kier molecular flexibility index (Phi) is 6.66. The average Bonchev–Trinajstić information content (AvgIpc) is 2.67. The van der Waals surface area contributed by atoms with Crippen LogP contribution >= 0.6 is 11.8 Å². The molecule has 1 aromatic heterocycles. The molecule has 0 saturated carbocycles. The zero-order chi connectivity index (χ0) is 14.4. The van der Waals surface area contributed by atoms with E-state index in [0.29, 0.717) is 5.75 Å². The second-order valence-electron chi connectivity index (χ2n) is 5.16. The van der Waals surface area contributed by atoms with Crippen LogP contribution in [0.1, 0.15) is 42.0 Å². The summed E-state index contributed by atoms with van der Waals surface area (Å²) in [6.45, 7) is 9.38. The van der Waals surface area contributed by atoms with Gasteiger partial charge in [0.15, 0.2) is 5.78 Å². The summed E-state index contributed by atoms with van der Waals surface area (Å²) in [6, 6.07) is 2.00. The molecule has 1 N–H and O–H groups in total. The van der Waals surface area contributed by atoms with E-state index in [1.807, 2.05) is 19.9 Å². The smallest absolute Gasteiger partial charge is 0.174 e. The van der Waals surface area contributed by atoms with Gasteiger partial charge in [-0.15, -0.1) is 0 Å². The number of carbonyl (C=O) groups excluding carboxylic acids is 1. The van der Waals surface area contributed by atoms with E-state index in [1.165, 1.54) is 0 Å². The molecular weight excluding hydrogens is 258 g/mol. The van der Waals surface area contributed by atoms with E-state index in [2.05, 4.69) is 18.4 Å². The van der Waals surface area contributed by atoms with Gasteiger partial charge in [0.25, 0.3) is 0 Å². The van der Waals surface area contributed by atoms with Crippen LogP contribution in [-0.4, -0.2) is 33.6 Å². The van der Waals surface area contributed by atoms with Gasteiger partial charge < -0.3 is 9.67 Å². The number of aliphatic hydroxyl groups is 1. The fraction of sp³-hybridized carbons (Fsp3) is 0.667. The van der Waals surface area contributed by atoms with Crippen LogP contribution in [0.3, 0.4) is 0 Å². The van der Waals surface area contributed by atoms with E-state index in [1.54, 1.807) is 11.8 Å². The van der Waals surface area contributed by atoms with Crippen LogP contribution in [0, 0.1) is 19.8 Å². The molecule has 0 aromatic carbocycles. The maximum atomic E-state index is 12.2. The molecule has 1 rings (SSSR count). The second kappa shape index (κ2) is 7.75. The van der Waals surface area contributed by atoms with Gasteiger partial charge in [-0.05, 0) is 38.0 Å². The molecule has 19 heavy (non-hydrogen) atoms. The Morgan fingerprint density at radius 1 is 1.47 bits per heavy atom. The first-order valence-corrected chi connectivity index (χ1v) is 8.05. The third-order valence-corrected chi connectivity index (χ3v) is 4.54. The number of aromatic nitrogens is 1. The highest BCUT2D eigenvalue weighted by molar-refractivity contribution is 7.99. The SMILES string of the molecule is CCCn1c(C)cc(C(=O)CSCC(C)CO)c1C. The molecule has 1 atom stereocenters. The molecule has 0 aliphatic heterocycles. The highest BCUT2D eigenvalue weighted by atomic mass is 32.2. The van der Waals surface area contributed by atoms with Gasteiger partial charge >= 0.3 is 0 Å². The minimum absolute atomic E-state index is 0.187. The van der Waals surface area contributed by atoms with Crippen molar-refractivity contribution < 1.29 is 9.90 Å². The Balaban J connectivity index is 2.65. The van der Waals surface area contributed by atoms with Gasteiger partial charge in [0.1, 0.15) is 0 Å². The minimum atomic E-state index is 0.187. The second-order valence-corrected chi connectivity index (χ2v) is 6.19. The van der Waals surface area contributed by atoms with Crippen molar-refractivity contribution in [1.29, 1.82) is 0 Å². The zero-order valence-electron chi connectivity index (χ0n) is 12.4. The Morgan fingerprint density at radius 2 is 2.16 bits per heavy atom. The predicted molar refractivity (Wildman–Crippen MR) is 82.1 cm³/mol. The van der Waals surface area contributed by atoms with Gasteiger partial charge in [-0.25, -0.2) is 0 Å². The molecule has 108 valence electrons. The fourth-order valence-corrected chi connectivity index (χ4v) is 3.10. The van der Waals surface area contributed by atoms with Gasteiger partial charge in [-0.1, -0.05) is 13.8 Å². The molecule has 1 heterocycles. The van der Waals surface area contributed by atoms with Crippen molar-refractivity contribution in [3.05, 3.63) is 23.0 Å². The van der Waals surface area contributed by atoms with E-state index in [0.717, 1.165) is 35.7 Å². The molecule has 3 nitrogen and oxygen atoms in total. The summed E-state index contributed by atoms with van der Waals surface area (Å²) >= 11 is 1.61. The Hall–Kier alpha value is -0.740. The number of nitrogens with zero attached hydrogens (tertiary/aromatic N) is 1. The highest BCUT2D eigenvalue weighted by Crippen LogP contribution is 2.18. The Morgan fingerprint density at radius 3 is 2.74 bits per heavy atom. The molecule has 0 bridgehead atoms. The number of aliphatic hydroxyl groups excluding tert-OH is 1. The molecule has 0 aliphatic rings. The van der Waals surface area contributed by atoms with Crippen LogP contribution < -0.4 is 0 Å². The maximum absolute atomic E-state index is 12.2. The summed E-state index contributed by atoms with van der Waals surface area (Å²) in [6.07, 6.45) is 1.08. The van der Waals surface area contributed by atoms with Crippen LogP contribution in [0.5, 0.6) is 0 Å². The number of rotatable bonds is 8. The lowest BCUT2D eigenvalue weighted by atomic mass is 10.2. The van der Waals surface area contributed by atoms with Crippen molar-refractivity contribution in [2.24, 2.45) is 5.92 Å². The van der Waals surface area contributed by atoms with Crippen molar-refractivity contribution in [3.63, 3.8) is 0 Å². The molecular formula is C15H25NO2S. The van der Waals surface area contributed by atoms with E-state index >= 15 is 0 Å².